The van der Waals surface area contributed by atoms with E-state index in [2.05, 4.69) is 61.5 Å². The second-order valence-corrected chi connectivity index (χ2v) is 21.7. The highest BCUT2D eigenvalue weighted by Crippen LogP contribution is 2.38. The third kappa shape index (κ3) is 10.1. The monoisotopic (exact) mass is 1010 g/mol. The smallest absolute Gasteiger partial charge is 0.355 e. The van der Waals surface area contributed by atoms with Gasteiger partial charge in [0.1, 0.15) is 11.6 Å². The molecule has 1 aliphatic carbocycles. The molecule has 382 valence electrons. The van der Waals surface area contributed by atoms with E-state index in [9.17, 15) is 24.3 Å². The predicted octanol–water partition coefficient (Wildman–Crippen LogP) is 9.91. The summed E-state index contributed by atoms with van der Waals surface area (Å²) in [7, 11) is 1.92. The molecule has 15 nitrogen and oxygen atoms in total. The van der Waals surface area contributed by atoms with Crippen LogP contribution in [0.5, 0.6) is 5.75 Å². The van der Waals surface area contributed by atoms with Crippen LogP contribution >= 0.6 is 11.3 Å². The van der Waals surface area contributed by atoms with Crippen LogP contribution in [-0.4, -0.2) is 98.3 Å². The van der Waals surface area contributed by atoms with Gasteiger partial charge >= 0.3 is 5.97 Å². The molecule has 0 unspecified atom stereocenters. The average Bonchev–Trinajstić information content (AvgIpc) is 3.97. The van der Waals surface area contributed by atoms with E-state index in [1.165, 1.54) is 36.3 Å². The van der Waals surface area contributed by atoms with Gasteiger partial charge in [-0.3, -0.25) is 34.6 Å². The van der Waals surface area contributed by atoms with Crippen molar-refractivity contribution in [2.75, 3.05) is 47.8 Å². The van der Waals surface area contributed by atoms with Crippen LogP contribution in [0.15, 0.2) is 91.0 Å². The Balaban J connectivity index is 0.654. The zero-order chi connectivity index (χ0) is 51.0. The fourth-order valence-electron chi connectivity index (χ4n) is 11.9. The zero-order valence-electron chi connectivity index (χ0n) is 42.3. The number of nitrogens with zero attached hydrogens (tertiary/aromatic N) is 7. The van der Waals surface area contributed by atoms with Crippen LogP contribution in [0.2, 0.25) is 0 Å². The number of carbonyl (C=O) groups is 4. The van der Waals surface area contributed by atoms with Gasteiger partial charge in [0.25, 0.3) is 5.91 Å². The zero-order valence-corrected chi connectivity index (χ0v) is 43.1. The number of carboxylic acids is 1. The summed E-state index contributed by atoms with van der Waals surface area (Å²) in [5, 5.41) is 22.3. The number of piperidine rings is 1. The molecular weight excluding hydrogens is 951 g/mol. The fourth-order valence-corrected chi connectivity index (χ4v) is 12.7. The first-order valence-corrected chi connectivity index (χ1v) is 27.1. The van der Waals surface area contributed by atoms with Crippen LogP contribution < -0.4 is 25.2 Å². The summed E-state index contributed by atoms with van der Waals surface area (Å²) < 4.78 is 9.56. The molecule has 4 aromatic carbocycles. The van der Waals surface area contributed by atoms with Crippen LogP contribution in [0.1, 0.15) is 114 Å². The molecule has 3 amide bonds. The summed E-state index contributed by atoms with van der Waals surface area (Å²) in [5.74, 6) is -0.187. The molecule has 1 saturated carbocycles. The maximum Gasteiger partial charge on any atom is 0.355 e. The second kappa shape index (κ2) is 21.0. The number of carboxylic acid groups (broad SMARTS) is 1. The van der Waals surface area contributed by atoms with Crippen LogP contribution in [0.4, 0.5) is 16.6 Å². The molecule has 2 atom stereocenters. The number of fused-ring (bicyclic) bond motifs is 3. The number of imide groups is 1. The van der Waals surface area contributed by atoms with Crippen LogP contribution in [0, 0.1) is 12.8 Å². The molecule has 0 bridgehead atoms. The van der Waals surface area contributed by atoms with Crippen molar-refractivity contribution in [3.63, 3.8) is 0 Å². The molecule has 3 aromatic heterocycles. The second-order valence-electron chi connectivity index (χ2n) is 20.7. The lowest BCUT2D eigenvalue weighted by Crippen LogP contribution is -2.52. The molecule has 3 N–H and O–H groups in total. The van der Waals surface area contributed by atoms with E-state index in [-0.39, 0.29) is 29.5 Å². The number of aryl methyl sites for hydroxylation is 1. The molecule has 0 radical (unpaired) electrons. The Morgan fingerprint density at radius 1 is 0.878 bits per heavy atom. The Morgan fingerprint density at radius 2 is 1.72 bits per heavy atom. The molecule has 6 heterocycles. The van der Waals surface area contributed by atoms with Crippen molar-refractivity contribution in [2.45, 2.75) is 103 Å². The predicted molar refractivity (Wildman–Crippen MR) is 289 cm³/mol. The minimum atomic E-state index is -1.10. The molecule has 3 aliphatic heterocycles. The lowest BCUT2D eigenvalue weighted by Gasteiger charge is -2.41. The van der Waals surface area contributed by atoms with Gasteiger partial charge in [0.2, 0.25) is 11.8 Å². The molecule has 11 rings (SSSR count). The summed E-state index contributed by atoms with van der Waals surface area (Å²) in [6, 6.07) is 30.0. The van der Waals surface area contributed by atoms with E-state index in [0.29, 0.717) is 66.4 Å². The number of unbranched alkanes of at least 4 members (excludes halogenated alkanes) is 1. The number of pyridine rings is 1. The van der Waals surface area contributed by atoms with Crippen LogP contribution in [-0.2, 0) is 29.6 Å². The highest BCUT2D eigenvalue weighted by molar-refractivity contribution is 7.22. The van der Waals surface area contributed by atoms with E-state index in [1.54, 1.807) is 0 Å². The SMILES string of the molecule is Cc1c(OC2CCC(CCCCN3CCN(c4ccc5c([C@@H]6CCC(=O)NC6=O)nn(C)c5c4)[C@@H](C)C3)CC2)cccc1-c1ccc(N2CCc3cccc(C(=O)Nc4nc5ccccc5s4)c3C2)nc1C(=O)O. The number of nitrogens with one attached hydrogen (secondary N) is 2. The van der Waals surface area contributed by atoms with Crippen LogP contribution in [0.3, 0.4) is 0 Å². The Labute approximate surface area is 434 Å². The summed E-state index contributed by atoms with van der Waals surface area (Å²) in [5.41, 5.74) is 8.52. The topological polar surface area (TPSA) is 175 Å². The van der Waals surface area contributed by atoms with Gasteiger partial charge in [-0.1, -0.05) is 60.6 Å². The van der Waals surface area contributed by atoms with E-state index < -0.39 is 11.9 Å². The first-order chi connectivity index (χ1) is 35.9. The highest BCUT2D eigenvalue weighted by Gasteiger charge is 2.33. The van der Waals surface area contributed by atoms with Crippen LogP contribution in [0.25, 0.3) is 32.2 Å². The molecule has 16 heteroatoms. The first kappa shape index (κ1) is 49.1. The number of rotatable bonds is 14. The van der Waals surface area contributed by atoms with Gasteiger partial charge in [0.15, 0.2) is 10.8 Å². The quantitative estimate of drug-likeness (QED) is 0.0696. The number of hydrogen-bond acceptors (Lipinski definition) is 12. The minimum absolute atomic E-state index is 0.0173. The van der Waals surface area contributed by atoms with Gasteiger partial charge in [-0.25, -0.2) is 14.8 Å². The van der Waals surface area contributed by atoms with Crippen molar-refractivity contribution < 1.29 is 29.0 Å². The summed E-state index contributed by atoms with van der Waals surface area (Å²) >= 11 is 1.44. The third-order valence-corrected chi connectivity index (χ3v) is 16.9. The van der Waals surface area contributed by atoms with E-state index in [4.69, 9.17) is 14.8 Å². The summed E-state index contributed by atoms with van der Waals surface area (Å²) in [6.45, 7) is 9.44. The summed E-state index contributed by atoms with van der Waals surface area (Å²) in [6.07, 6.45) is 9.52. The van der Waals surface area contributed by atoms with Crippen molar-refractivity contribution in [3.8, 4) is 16.9 Å². The highest BCUT2D eigenvalue weighted by atomic mass is 32.1. The lowest BCUT2D eigenvalue weighted by molar-refractivity contribution is -0.134. The molecule has 0 spiro atoms. The Hall–Kier alpha value is -7.17. The Morgan fingerprint density at radius 3 is 2.53 bits per heavy atom. The normalized spacial score (nSPS) is 20.4. The number of benzene rings is 4. The Bertz CT molecular complexity index is 3250. The van der Waals surface area contributed by atoms with E-state index in [0.717, 1.165) is 107 Å². The van der Waals surface area contributed by atoms with Crippen molar-refractivity contribution in [2.24, 2.45) is 13.0 Å². The standard InChI is InChI=1S/C58H63N9O6S/c1-35-33-65(30-31-67(35)39-19-22-44-48(32-39)64(3)63-53(44)45-24-26-52(68)61-56(45)70)28-7-6-10-37-17-20-40(21-18-37)73-49-15-9-12-41(36(49)2)42-23-25-51(60-54(42)57(71)72)66-29-27-38-11-8-13-43(46(38)34-66)55(69)62-58-59-47-14-4-5-16-50(47)74-58/h4-5,8-9,11-16,19,22-23,25,32,35,37,40,45H,6-7,10,17-18,20-21,24,26-31,33-34H2,1-3H3,(H,71,72)(H,59,62,69)(H,61,68,70)/t35-,37?,40?,45-/m0/s1. The number of piperazine rings is 1. The van der Waals surface area contributed by atoms with Crippen molar-refractivity contribution in [3.05, 3.63) is 125 Å². The van der Waals surface area contributed by atoms with Gasteiger partial charge in [-0.2, -0.15) is 5.10 Å². The van der Waals surface area contributed by atoms with Gasteiger partial charge in [-0.05, 0) is 148 Å². The third-order valence-electron chi connectivity index (χ3n) is 15.9. The number of aromatic carboxylic acids is 1. The fraction of sp³-hybridized carbons (Fsp3) is 0.397. The number of carbonyl (C=O) groups excluding carboxylic acids is 3. The van der Waals surface area contributed by atoms with E-state index >= 15 is 0 Å². The number of amides is 3. The van der Waals surface area contributed by atoms with Crippen molar-refractivity contribution >= 4 is 72.8 Å². The Kier molecular flexibility index (Phi) is 13.9. The molecule has 74 heavy (non-hydrogen) atoms. The first-order valence-electron chi connectivity index (χ1n) is 26.3. The van der Waals surface area contributed by atoms with Crippen molar-refractivity contribution in [1.82, 2.24) is 30.0 Å². The largest absolute Gasteiger partial charge is 0.490 e. The molecule has 3 fully saturated rings. The minimum Gasteiger partial charge on any atom is -0.490 e. The van der Waals surface area contributed by atoms with E-state index in [1.807, 2.05) is 85.4 Å². The lowest BCUT2D eigenvalue weighted by atomic mass is 9.84. The van der Waals surface area contributed by atoms with Crippen molar-refractivity contribution in [1.29, 1.82) is 0 Å². The number of thiazole rings is 1. The van der Waals surface area contributed by atoms with Gasteiger partial charge in [-0.15, -0.1) is 0 Å². The maximum absolute atomic E-state index is 13.7. The van der Waals surface area contributed by atoms with Gasteiger partial charge < -0.3 is 19.6 Å². The number of aromatic nitrogens is 4. The molecule has 4 aliphatic rings. The van der Waals surface area contributed by atoms with Gasteiger partial charge in [0.05, 0.1) is 33.4 Å². The molecule has 2 saturated heterocycles. The number of ether oxygens (including phenoxy) is 1. The number of anilines is 3. The molecule has 7 aromatic rings. The average molecular weight is 1010 g/mol. The number of para-hydroxylation sites is 1. The maximum atomic E-state index is 13.7. The number of hydrogen-bond donors (Lipinski definition) is 3. The molecular formula is C58H63N9O6S. The summed E-state index contributed by atoms with van der Waals surface area (Å²) in [4.78, 5) is 67.5. The van der Waals surface area contributed by atoms with Gasteiger partial charge in [0, 0.05) is 74.4 Å².